The summed E-state index contributed by atoms with van der Waals surface area (Å²) in [6.45, 7) is 3.62. The van der Waals surface area contributed by atoms with Crippen LogP contribution in [0, 0.1) is 5.92 Å². The van der Waals surface area contributed by atoms with E-state index in [4.69, 9.17) is 0 Å². The molecule has 0 radical (unpaired) electrons. The molecule has 1 aromatic rings. The molecular formula is C19H23N3O5. The summed E-state index contributed by atoms with van der Waals surface area (Å²) in [7, 11) is 0. The topological polar surface area (TPSA) is 125 Å². The minimum Gasteiger partial charge on any atom is -0.480 e. The lowest BCUT2D eigenvalue weighted by molar-refractivity contribution is -0.146. The number of hydrogen-bond acceptors (Lipinski definition) is 4. The number of carboxylic acids is 1. The highest BCUT2D eigenvalue weighted by molar-refractivity contribution is 6.07. The maximum Gasteiger partial charge on any atom is 0.329 e. The summed E-state index contributed by atoms with van der Waals surface area (Å²) in [5.74, 6) is -1.62. The second-order valence-electron chi connectivity index (χ2n) is 7.64. The van der Waals surface area contributed by atoms with Crippen LogP contribution in [0.4, 0.5) is 4.79 Å². The first-order chi connectivity index (χ1) is 12.7. The summed E-state index contributed by atoms with van der Waals surface area (Å²) in [4.78, 5) is 48.2. The van der Waals surface area contributed by atoms with Gasteiger partial charge in [-0.2, -0.15) is 0 Å². The highest BCUT2D eigenvalue weighted by atomic mass is 16.4. The van der Waals surface area contributed by atoms with Crippen molar-refractivity contribution in [3.05, 3.63) is 35.4 Å². The van der Waals surface area contributed by atoms with E-state index in [-0.39, 0.29) is 5.56 Å². The molecule has 1 aliphatic heterocycles. The summed E-state index contributed by atoms with van der Waals surface area (Å²) in [5, 5.41) is 17.1. The molecule has 1 aliphatic carbocycles. The predicted molar refractivity (Wildman–Crippen MR) is 95.9 cm³/mol. The fraction of sp³-hybridized carbons (Fsp3) is 0.474. The van der Waals surface area contributed by atoms with Crippen molar-refractivity contribution < 1.29 is 24.3 Å². The Balaban J connectivity index is 1.84. The Hall–Kier alpha value is -2.90. The van der Waals surface area contributed by atoms with Crippen molar-refractivity contribution in [3.8, 4) is 0 Å². The summed E-state index contributed by atoms with van der Waals surface area (Å²) in [6, 6.07) is 5.69. The SMILES string of the molecule is CC1CCC(NC(=O)c2cccc(C3(C)NC(=O)NC3=O)c2)(C(=O)O)CC1. The van der Waals surface area contributed by atoms with Gasteiger partial charge in [0.1, 0.15) is 11.1 Å². The first kappa shape index (κ1) is 18.9. The molecule has 1 saturated heterocycles. The minimum absolute atomic E-state index is 0.238. The zero-order valence-electron chi connectivity index (χ0n) is 15.3. The maximum absolute atomic E-state index is 12.8. The van der Waals surface area contributed by atoms with Crippen molar-refractivity contribution in [2.24, 2.45) is 5.92 Å². The predicted octanol–water partition coefficient (Wildman–Crippen LogP) is 1.50. The van der Waals surface area contributed by atoms with E-state index in [0.717, 1.165) is 12.8 Å². The van der Waals surface area contributed by atoms with Gasteiger partial charge in [0.05, 0.1) is 0 Å². The smallest absolute Gasteiger partial charge is 0.329 e. The quantitative estimate of drug-likeness (QED) is 0.596. The number of nitrogens with one attached hydrogen (secondary N) is 3. The highest BCUT2D eigenvalue weighted by Gasteiger charge is 2.45. The van der Waals surface area contributed by atoms with E-state index in [1.807, 2.05) is 0 Å². The van der Waals surface area contributed by atoms with Crippen molar-refractivity contribution in [1.82, 2.24) is 16.0 Å². The molecule has 1 atom stereocenters. The van der Waals surface area contributed by atoms with Crippen molar-refractivity contribution in [2.75, 3.05) is 0 Å². The minimum atomic E-state index is -1.28. The number of imide groups is 1. The van der Waals surface area contributed by atoms with E-state index in [9.17, 15) is 24.3 Å². The van der Waals surface area contributed by atoms with Crippen LogP contribution in [0.5, 0.6) is 0 Å². The standard InChI is InChI=1S/C19H23N3O5/c1-11-6-8-19(9-7-11,16(25)26)21-14(23)12-4-3-5-13(10-12)18(2)15(24)20-17(27)22-18/h3-5,10-11H,6-9H2,1-2H3,(H,21,23)(H,25,26)(H2,20,22,24,27). The van der Waals surface area contributed by atoms with E-state index in [2.05, 4.69) is 22.9 Å². The van der Waals surface area contributed by atoms with Crippen LogP contribution in [-0.4, -0.2) is 34.5 Å². The number of carboxylic acid groups (broad SMARTS) is 1. The molecule has 2 fully saturated rings. The summed E-state index contributed by atoms with van der Waals surface area (Å²) in [5.41, 5.74) is -1.87. The number of carbonyl (C=O) groups is 4. The van der Waals surface area contributed by atoms with Crippen molar-refractivity contribution in [1.29, 1.82) is 0 Å². The van der Waals surface area contributed by atoms with E-state index in [0.29, 0.717) is 24.3 Å². The normalized spacial score (nSPS) is 30.4. The Bertz CT molecular complexity index is 813. The molecule has 3 rings (SSSR count). The molecule has 8 heteroatoms. The van der Waals surface area contributed by atoms with Gasteiger partial charge in [-0.15, -0.1) is 0 Å². The first-order valence-corrected chi connectivity index (χ1v) is 8.96. The molecule has 1 aromatic carbocycles. The molecule has 1 heterocycles. The van der Waals surface area contributed by atoms with Crippen molar-refractivity contribution in [2.45, 2.75) is 50.6 Å². The third-order valence-corrected chi connectivity index (χ3v) is 5.64. The largest absolute Gasteiger partial charge is 0.480 e. The summed E-state index contributed by atoms with van der Waals surface area (Å²) in [6.07, 6.45) is 2.23. The molecule has 0 bridgehead atoms. The number of urea groups is 1. The monoisotopic (exact) mass is 373 g/mol. The number of rotatable bonds is 4. The molecule has 4 N–H and O–H groups in total. The van der Waals surface area contributed by atoms with Gasteiger partial charge in [0, 0.05) is 5.56 Å². The summed E-state index contributed by atoms with van der Waals surface area (Å²) < 4.78 is 0. The van der Waals surface area contributed by atoms with Crippen LogP contribution in [-0.2, 0) is 15.1 Å². The lowest BCUT2D eigenvalue weighted by atomic mass is 9.77. The average Bonchev–Trinajstić information content (AvgIpc) is 2.90. The molecule has 8 nitrogen and oxygen atoms in total. The van der Waals surface area contributed by atoms with Crippen LogP contribution in [0.15, 0.2) is 24.3 Å². The van der Waals surface area contributed by atoms with Gasteiger partial charge in [-0.3, -0.25) is 14.9 Å². The molecular weight excluding hydrogens is 350 g/mol. The lowest BCUT2D eigenvalue weighted by Crippen LogP contribution is -2.56. The van der Waals surface area contributed by atoms with Crippen LogP contribution in [0.3, 0.4) is 0 Å². The molecule has 1 unspecified atom stereocenters. The second-order valence-corrected chi connectivity index (χ2v) is 7.64. The molecule has 4 amide bonds. The Labute approximate surface area is 156 Å². The van der Waals surface area contributed by atoms with Gasteiger partial charge in [-0.05, 0) is 56.2 Å². The van der Waals surface area contributed by atoms with E-state index >= 15 is 0 Å². The highest BCUT2D eigenvalue weighted by Crippen LogP contribution is 2.33. The van der Waals surface area contributed by atoms with Crippen molar-refractivity contribution in [3.63, 3.8) is 0 Å². The molecule has 0 aromatic heterocycles. The number of benzene rings is 1. The summed E-state index contributed by atoms with van der Waals surface area (Å²) >= 11 is 0. The number of hydrogen-bond donors (Lipinski definition) is 4. The molecule has 27 heavy (non-hydrogen) atoms. The average molecular weight is 373 g/mol. The zero-order valence-corrected chi connectivity index (χ0v) is 15.3. The maximum atomic E-state index is 12.8. The fourth-order valence-corrected chi connectivity index (χ4v) is 3.65. The van der Waals surface area contributed by atoms with Crippen LogP contribution >= 0.6 is 0 Å². The molecule has 0 spiro atoms. The van der Waals surface area contributed by atoms with E-state index in [1.54, 1.807) is 25.1 Å². The molecule has 2 aliphatic rings. The van der Waals surface area contributed by atoms with Crippen molar-refractivity contribution >= 4 is 23.8 Å². The Morgan fingerprint density at radius 2 is 1.89 bits per heavy atom. The Morgan fingerprint density at radius 1 is 1.22 bits per heavy atom. The Kier molecular flexibility index (Phi) is 4.67. The second kappa shape index (κ2) is 6.68. The fourth-order valence-electron chi connectivity index (χ4n) is 3.65. The van der Waals surface area contributed by atoms with Crippen LogP contribution < -0.4 is 16.0 Å². The van der Waals surface area contributed by atoms with Gasteiger partial charge in [-0.1, -0.05) is 19.1 Å². The third kappa shape index (κ3) is 3.39. The van der Waals surface area contributed by atoms with E-state index < -0.39 is 34.9 Å². The first-order valence-electron chi connectivity index (χ1n) is 8.96. The number of amides is 4. The Morgan fingerprint density at radius 3 is 2.44 bits per heavy atom. The van der Waals surface area contributed by atoms with E-state index in [1.165, 1.54) is 6.07 Å². The van der Waals surface area contributed by atoms with Gasteiger partial charge in [0.2, 0.25) is 0 Å². The number of carbonyl (C=O) groups excluding carboxylic acids is 3. The number of aliphatic carboxylic acids is 1. The van der Waals surface area contributed by atoms with Gasteiger partial charge in [0.15, 0.2) is 0 Å². The molecule has 144 valence electrons. The lowest BCUT2D eigenvalue weighted by Gasteiger charge is -2.36. The van der Waals surface area contributed by atoms with Gasteiger partial charge < -0.3 is 15.7 Å². The third-order valence-electron chi connectivity index (χ3n) is 5.64. The van der Waals surface area contributed by atoms with Gasteiger partial charge in [-0.25, -0.2) is 9.59 Å². The van der Waals surface area contributed by atoms with Gasteiger partial charge >= 0.3 is 12.0 Å². The van der Waals surface area contributed by atoms with Crippen LogP contribution in [0.1, 0.15) is 55.5 Å². The zero-order chi connectivity index (χ0) is 19.8. The van der Waals surface area contributed by atoms with Crippen LogP contribution in [0.2, 0.25) is 0 Å². The van der Waals surface area contributed by atoms with Crippen LogP contribution in [0.25, 0.3) is 0 Å². The van der Waals surface area contributed by atoms with Gasteiger partial charge in [0.25, 0.3) is 11.8 Å². The molecule has 1 saturated carbocycles.